The summed E-state index contributed by atoms with van der Waals surface area (Å²) in [7, 11) is 0. The molecule has 6 nitrogen and oxygen atoms in total. The fourth-order valence-electron chi connectivity index (χ4n) is 1.48. The van der Waals surface area contributed by atoms with Crippen molar-refractivity contribution in [3.63, 3.8) is 0 Å². The van der Waals surface area contributed by atoms with E-state index in [0.717, 1.165) is 0 Å². The van der Waals surface area contributed by atoms with Gasteiger partial charge in [0.25, 0.3) is 0 Å². The number of carboxylic acids is 1. The van der Waals surface area contributed by atoms with Crippen molar-refractivity contribution in [2.75, 3.05) is 19.8 Å². The molecule has 0 atom stereocenters. The Morgan fingerprint density at radius 2 is 1.39 bits per heavy atom. The highest BCUT2D eigenvalue weighted by Crippen LogP contribution is 2.41. The molecule has 0 bridgehead atoms. The lowest BCUT2D eigenvalue weighted by Gasteiger charge is -2.24. The van der Waals surface area contributed by atoms with E-state index in [9.17, 15) is 14.7 Å². The van der Waals surface area contributed by atoms with Gasteiger partial charge in [-0.3, -0.25) is 0 Å². The molecule has 1 rings (SSSR count). The van der Waals surface area contributed by atoms with E-state index in [1.807, 2.05) is 0 Å². The summed E-state index contributed by atoms with van der Waals surface area (Å²) in [4.78, 5) is 23.5. The monoisotopic (exact) mass is 404 g/mol. The van der Waals surface area contributed by atoms with Crippen LogP contribution < -0.4 is 0 Å². The first kappa shape index (κ1) is 20.3. The molecule has 0 unspecified atom stereocenters. The van der Waals surface area contributed by atoms with Crippen molar-refractivity contribution in [3.8, 4) is 0 Å². The summed E-state index contributed by atoms with van der Waals surface area (Å²) in [6, 6.07) is 0. The highest BCUT2D eigenvalue weighted by Gasteiger charge is 2.31. The Bertz CT molecular complexity index is 642. The number of rotatable bonds is 6. The smallest absolute Gasteiger partial charge is 0.340 e. The van der Waals surface area contributed by atoms with Crippen molar-refractivity contribution >= 4 is 58.3 Å². The molecule has 0 saturated heterocycles. The molecule has 0 heterocycles. The van der Waals surface area contributed by atoms with Gasteiger partial charge in [-0.2, -0.15) is 0 Å². The van der Waals surface area contributed by atoms with Gasteiger partial charge >= 0.3 is 11.9 Å². The Balaban J connectivity index is 3.32. The second-order valence-corrected chi connectivity index (χ2v) is 6.53. The van der Waals surface area contributed by atoms with Gasteiger partial charge < -0.3 is 20.1 Å². The molecule has 0 aliphatic carbocycles. The Kier molecular flexibility index (Phi) is 6.95. The molecule has 23 heavy (non-hydrogen) atoms. The quantitative estimate of drug-likeness (QED) is 0.381. The number of hydrogen-bond acceptors (Lipinski definition) is 5. The maximum atomic E-state index is 12.2. The van der Waals surface area contributed by atoms with Crippen LogP contribution in [0.2, 0.25) is 20.1 Å². The van der Waals surface area contributed by atoms with Crippen LogP contribution >= 0.6 is 46.4 Å². The number of carbonyl (C=O) groups excluding carboxylic acids is 1. The van der Waals surface area contributed by atoms with Gasteiger partial charge in [-0.25, -0.2) is 9.59 Å². The number of ether oxygens (including phenoxy) is 1. The van der Waals surface area contributed by atoms with E-state index in [-0.39, 0.29) is 16.7 Å². The molecule has 128 valence electrons. The van der Waals surface area contributed by atoms with Gasteiger partial charge in [-0.05, 0) is 0 Å². The number of hydrogen-bond donors (Lipinski definition) is 3. The summed E-state index contributed by atoms with van der Waals surface area (Å²) in [6.45, 7) is 0.157. The normalized spacial score (nSPS) is 11.4. The standard InChI is InChI=1S/C13H12Cl4O6/c1-13(2-18,3-19)4-23-12(22)6-5(11(20)21)7(14)9(16)10(17)8(6)15/h18-19H,2-4H2,1H3,(H,20,21). The minimum Gasteiger partial charge on any atom is -0.478 e. The van der Waals surface area contributed by atoms with Crippen molar-refractivity contribution in [1.82, 2.24) is 0 Å². The van der Waals surface area contributed by atoms with Gasteiger partial charge in [-0.1, -0.05) is 53.3 Å². The molecule has 1 aromatic carbocycles. The zero-order chi connectivity index (χ0) is 17.9. The first-order valence-corrected chi connectivity index (χ1v) is 7.59. The minimum absolute atomic E-state index is 0.289. The average Bonchev–Trinajstić information content (AvgIpc) is 2.52. The molecule has 0 aliphatic rings. The van der Waals surface area contributed by atoms with Gasteiger partial charge in [0.15, 0.2) is 0 Å². The van der Waals surface area contributed by atoms with Crippen molar-refractivity contribution < 1.29 is 29.6 Å². The molecule has 0 aromatic heterocycles. The summed E-state index contributed by atoms with van der Waals surface area (Å²) in [5, 5.41) is 26.1. The SMILES string of the molecule is CC(CO)(CO)COC(=O)c1c(Cl)c(Cl)c(Cl)c(Cl)c1C(=O)O. The number of halogens is 4. The first-order valence-electron chi connectivity index (χ1n) is 6.07. The second-order valence-electron chi connectivity index (χ2n) is 5.01. The third kappa shape index (κ3) is 4.21. The van der Waals surface area contributed by atoms with Gasteiger partial charge in [0.05, 0.1) is 44.4 Å². The third-order valence-corrected chi connectivity index (χ3v) is 4.80. The van der Waals surface area contributed by atoms with Crippen LogP contribution in [0.15, 0.2) is 0 Å². The molecule has 0 spiro atoms. The largest absolute Gasteiger partial charge is 0.478 e. The molecule has 0 aliphatic heterocycles. The van der Waals surface area contributed by atoms with Crippen LogP contribution in [-0.2, 0) is 4.74 Å². The van der Waals surface area contributed by atoms with Gasteiger partial charge in [0.2, 0.25) is 0 Å². The van der Waals surface area contributed by atoms with Crippen molar-refractivity contribution in [1.29, 1.82) is 0 Å². The average molecular weight is 406 g/mol. The Hall–Kier alpha value is -0.760. The highest BCUT2D eigenvalue weighted by atomic mass is 35.5. The van der Waals surface area contributed by atoms with Crippen molar-refractivity contribution in [2.45, 2.75) is 6.92 Å². The van der Waals surface area contributed by atoms with Crippen molar-refractivity contribution in [2.24, 2.45) is 5.41 Å². The van der Waals surface area contributed by atoms with Crippen LogP contribution in [0.25, 0.3) is 0 Å². The van der Waals surface area contributed by atoms with Crippen LogP contribution in [0.5, 0.6) is 0 Å². The van der Waals surface area contributed by atoms with Gasteiger partial charge in [0, 0.05) is 5.41 Å². The lowest BCUT2D eigenvalue weighted by Crippen LogP contribution is -2.33. The van der Waals surface area contributed by atoms with E-state index in [1.54, 1.807) is 0 Å². The summed E-state index contributed by atoms with van der Waals surface area (Å²) in [6.07, 6.45) is 0. The van der Waals surface area contributed by atoms with Crippen LogP contribution in [0.1, 0.15) is 27.6 Å². The van der Waals surface area contributed by atoms with E-state index in [2.05, 4.69) is 0 Å². The molecular weight excluding hydrogens is 394 g/mol. The van der Waals surface area contributed by atoms with Crippen molar-refractivity contribution in [3.05, 3.63) is 31.2 Å². The zero-order valence-corrected chi connectivity index (χ0v) is 14.7. The predicted octanol–water partition coefficient (Wildman–Crippen LogP) is 3.15. The molecule has 10 heteroatoms. The Morgan fingerprint density at radius 1 is 0.957 bits per heavy atom. The summed E-state index contributed by atoms with van der Waals surface area (Å²) in [5.74, 6) is -2.67. The molecule has 0 radical (unpaired) electrons. The molecular formula is C13H12Cl4O6. The number of carbonyl (C=O) groups is 2. The third-order valence-electron chi connectivity index (χ3n) is 3.00. The topological polar surface area (TPSA) is 104 Å². The van der Waals surface area contributed by atoms with E-state index in [4.69, 9.17) is 61.4 Å². The molecule has 3 N–H and O–H groups in total. The van der Waals surface area contributed by atoms with Gasteiger partial charge in [-0.15, -0.1) is 0 Å². The van der Waals surface area contributed by atoms with Crippen LogP contribution in [-0.4, -0.2) is 47.1 Å². The summed E-state index contributed by atoms with van der Waals surface area (Å²) in [5.41, 5.74) is -2.31. The van der Waals surface area contributed by atoms with E-state index < -0.39 is 51.7 Å². The number of aliphatic hydroxyl groups is 2. The second kappa shape index (κ2) is 7.88. The summed E-state index contributed by atoms with van der Waals surface area (Å²) < 4.78 is 4.93. The van der Waals surface area contributed by atoms with Crippen LogP contribution in [0.3, 0.4) is 0 Å². The molecule has 1 aromatic rings. The highest BCUT2D eigenvalue weighted by molar-refractivity contribution is 6.54. The number of carboxylic acid groups (broad SMARTS) is 1. The van der Waals surface area contributed by atoms with Crippen LogP contribution in [0, 0.1) is 5.41 Å². The van der Waals surface area contributed by atoms with Gasteiger partial charge in [0.1, 0.15) is 6.61 Å². The Labute approximate surface area is 151 Å². The number of aromatic carboxylic acids is 1. The molecule has 0 fully saturated rings. The predicted molar refractivity (Wildman–Crippen MR) is 86.0 cm³/mol. The van der Waals surface area contributed by atoms with E-state index >= 15 is 0 Å². The number of aliphatic hydroxyl groups excluding tert-OH is 2. The Morgan fingerprint density at radius 3 is 1.78 bits per heavy atom. The lowest BCUT2D eigenvalue weighted by molar-refractivity contribution is -0.00643. The number of benzene rings is 1. The molecule has 0 saturated carbocycles. The number of esters is 1. The van der Waals surface area contributed by atoms with E-state index in [0.29, 0.717) is 0 Å². The fourth-order valence-corrected chi connectivity index (χ4v) is 2.49. The minimum atomic E-state index is -1.55. The van der Waals surface area contributed by atoms with Crippen LogP contribution in [0.4, 0.5) is 0 Å². The van der Waals surface area contributed by atoms with E-state index in [1.165, 1.54) is 6.92 Å². The zero-order valence-electron chi connectivity index (χ0n) is 11.7. The lowest BCUT2D eigenvalue weighted by atomic mass is 9.94. The molecule has 0 amide bonds. The summed E-state index contributed by atoms with van der Waals surface area (Å²) >= 11 is 23.3. The fraction of sp³-hybridized carbons (Fsp3) is 0.385. The maximum Gasteiger partial charge on any atom is 0.340 e. The maximum absolute atomic E-state index is 12.2. The first-order chi connectivity index (χ1) is 10.6.